The van der Waals surface area contributed by atoms with Crippen LogP contribution in [0.25, 0.3) is 0 Å². The van der Waals surface area contributed by atoms with Crippen molar-refractivity contribution in [3.05, 3.63) is 0 Å². The second-order valence-electron chi connectivity index (χ2n) is 0.610. The number of aliphatic carboxylic acids is 2. The van der Waals surface area contributed by atoms with Crippen LogP contribution < -0.4 is 0 Å². The van der Waals surface area contributed by atoms with Crippen molar-refractivity contribution in [2.75, 3.05) is 0 Å². The molecular formula is C2H5NaO5. The zero-order chi connectivity index (χ0) is 5.15. The van der Waals surface area contributed by atoms with Crippen LogP contribution in [0.3, 0.4) is 0 Å². The molecule has 0 saturated heterocycles. The molecule has 6 heteroatoms. The predicted molar refractivity (Wildman–Crippen MR) is 26.0 cm³/mol. The van der Waals surface area contributed by atoms with E-state index in [0.29, 0.717) is 0 Å². The fourth-order valence-corrected chi connectivity index (χ4v) is 0. The zero-order valence-electron chi connectivity index (χ0n) is 3.21. The van der Waals surface area contributed by atoms with E-state index in [2.05, 4.69) is 0 Å². The first-order chi connectivity index (χ1) is 2.64. The Morgan fingerprint density at radius 3 is 1.12 bits per heavy atom. The molecule has 0 bridgehead atoms. The Balaban J connectivity index is -0.000000125. The van der Waals surface area contributed by atoms with Gasteiger partial charge in [-0.2, -0.15) is 0 Å². The Kier molecular flexibility index (Phi) is 13.5. The van der Waals surface area contributed by atoms with Crippen LogP contribution in [0.2, 0.25) is 0 Å². The van der Waals surface area contributed by atoms with Gasteiger partial charge in [0.1, 0.15) is 0 Å². The molecular weight excluding hydrogens is 127 g/mol. The summed E-state index contributed by atoms with van der Waals surface area (Å²) in [7, 11) is 0. The third kappa shape index (κ3) is 9.31. The third-order valence-electron chi connectivity index (χ3n) is 0.183. The molecule has 0 aliphatic rings. The predicted octanol–water partition coefficient (Wildman–Crippen LogP) is -2.32. The molecule has 4 N–H and O–H groups in total. The van der Waals surface area contributed by atoms with Gasteiger partial charge >= 0.3 is 41.5 Å². The van der Waals surface area contributed by atoms with E-state index < -0.39 is 11.9 Å². The summed E-state index contributed by atoms with van der Waals surface area (Å²) in [5.74, 6) is -3.65. The molecule has 0 amide bonds. The second-order valence-corrected chi connectivity index (χ2v) is 0.610. The number of hydrogen-bond acceptors (Lipinski definition) is 2. The molecule has 0 heterocycles. The Morgan fingerprint density at radius 2 is 1.12 bits per heavy atom. The van der Waals surface area contributed by atoms with Gasteiger partial charge in [0.05, 0.1) is 0 Å². The number of hydrogen-bond donors (Lipinski definition) is 2. The normalized spacial score (nSPS) is 5.50. The molecule has 0 atom stereocenters. The molecule has 0 spiro atoms. The molecule has 0 aliphatic heterocycles. The molecule has 0 aromatic rings. The molecule has 0 aromatic heterocycles. The molecule has 0 saturated carbocycles. The molecule has 5 nitrogen and oxygen atoms in total. The van der Waals surface area contributed by atoms with E-state index in [9.17, 15) is 0 Å². The van der Waals surface area contributed by atoms with E-state index in [4.69, 9.17) is 19.8 Å². The van der Waals surface area contributed by atoms with Gasteiger partial charge in [-0.1, -0.05) is 0 Å². The minimum atomic E-state index is -1.82. The van der Waals surface area contributed by atoms with Crippen molar-refractivity contribution in [1.82, 2.24) is 0 Å². The summed E-state index contributed by atoms with van der Waals surface area (Å²) in [5.41, 5.74) is 0. The first-order valence-electron chi connectivity index (χ1n) is 1.11. The SMILES string of the molecule is O.O=C(O)C(=O)O.[NaH]. The number of carbonyl (C=O) groups is 2. The fraction of sp³-hybridized carbons (Fsp3) is 0. The van der Waals surface area contributed by atoms with Gasteiger partial charge in [-0.15, -0.1) is 0 Å². The van der Waals surface area contributed by atoms with Crippen LogP contribution in [0.5, 0.6) is 0 Å². The van der Waals surface area contributed by atoms with Gasteiger partial charge in [-0.25, -0.2) is 9.59 Å². The Labute approximate surface area is 66.9 Å². The number of carboxylic acids is 2. The fourth-order valence-electron chi connectivity index (χ4n) is 0. The maximum absolute atomic E-state index is 9.10. The van der Waals surface area contributed by atoms with Gasteiger partial charge in [-0.05, 0) is 0 Å². The molecule has 0 unspecified atom stereocenters. The molecule has 0 aromatic carbocycles. The van der Waals surface area contributed by atoms with Crippen LogP contribution in [0.15, 0.2) is 0 Å². The van der Waals surface area contributed by atoms with Gasteiger partial charge in [0.2, 0.25) is 0 Å². The molecule has 0 fully saturated rings. The van der Waals surface area contributed by atoms with Crippen LogP contribution in [0.1, 0.15) is 0 Å². The van der Waals surface area contributed by atoms with Crippen LogP contribution in [0, 0.1) is 0 Å². The monoisotopic (exact) mass is 132 g/mol. The first kappa shape index (κ1) is 15.7. The van der Waals surface area contributed by atoms with Crippen molar-refractivity contribution in [2.24, 2.45) is 0 Å². The van der Waals surface area contributed by atoms with Crippen LogP contribution in [0.4, 0.5) is 0 Å². The van der Waals surface area contributed by atoms with Gasteiger partial charge in [0, 0.05) is 0 Å². The first-order valence-corrected chi connectivity index (χ1v) is 1.11. The van der Waals surface area contributed by atoms with Crippen molar-refractivity contribution in [1.29, 1.82) is 0 Å². The third-order valence-corrected chi connectivity index (χ3v) is 0.183. The van der Waals surface area contributed by atoms with Crippen molar-refractivity contribution in [2.45, 2.75) is 0 Å². The molecule has 8 heavy (non-hydrogen) atoms. The zero-order valence-corrected chi connectivity index (χ0v) is 3.21. The molecule has 0 aliphatic carbocycles. The summed E-state index contributed by atoms with van der Waals surface area (Å²) in [5, 5.41) is 14.8. The van der Waals surface area contributed by atoms with Crippen molar-refractivity contribution in [3.8, 4) is 0 Å². The average Bonchev–Trinajstić information content (AvgIpc) is 1.36. The summed E-state index contributed by atoms with van der Waals surface area (Å²) >= 11 is 0. The van der Waals surface area contributed by atoms with E-state index in [1.54, 1.807) is 0 Å². The van der Waals surface area contributed by atoms with Crippen molar-refractivity contribution < 1.29 is 25.3 Å². The van der Waals surface area contributed by atoms with E-state index >= 15 is 0 Å². The topological polar surface area (TPSA) is 106 Å². The second kappa shape index (κ2) is 6.90. The Morgan fingerprint density at radius 1 is 1.00 bits per heavy atom. The molecule has 44 valence electrons. The molecule has 0 radical (unpaired) electrons. The van der Waals surface area contributed by atoms with Crippen LogP contribution in [-0.2, 0) is 9.59 Å². The van der Waals surface area contributed by atoms with Gasteiger partial charge in [0.15, 0.2) is 0 Å². The van der Waals surface area contributed by atoms with Crippen LogP contribution in [-0.4, -0.2) is 57.2 Å². The van der Waals surface area contributed by atoms with Crippen LogP contribution >= 0.6 is 0 Å². The summed E-state index contributed by atoms with van der Waals surface area (Å²) in [4.78, 5) is 18.2. The summed E-state index contributed by atoms with van der Waals surface area (Å²) < 4.78 is 0. The standard InChI is InChI=1S/C2H2O4.Na.H2O.H/c3-1(4)2(5)6;;;/h(H,3,4)(H,5,6);;1H2;. The Bertz CT molecular complexity index is 76.4. The average molecular weight is 132 g/mol. The minimum absolute atomic E-state index is 0. The van der Waals surface area contributed by atoms with E-state index in [1.807, 2.05) is 0 Å². The molecule has 0 rings (SSSR count). The van der Waals surface area contributed by atoms with Crippen molar-refractivity contribution >= 4 is 41.5 Å². The number of rotatable bonds is 0. The van der Waals surface area contributed by atoms with E-state index in [0.717, 1.165) is 0 Å². The summed E-state index contributed by atoms with van der Waals surface area (Å²) in [6, 6.07) is 0. The quantitative estimate of drug-likeness (QED) is 0.285. The maximum atomic E-state index is 9.10. The summed E-state index contributed by atoms with van der Waals surface area (Å²) in [6.07, 6.45) is 0. The Hall–Kier alpha value is -0.100. The van der Waals surface area contributed by atoms with Gasteiger partial charge in [0.25, 0.3) is 0 Å². The summed E-state index contributed by atoms with van der Waals surface area (Å²) in [6.45, 7) is 0. The van der Waals surface area contributed by atoms with Gasteiger partial charge in [-0.3, -0.25) is 0 Å². The van der Waals surface area contributed by atoms with Gasteiger partial charge < -0.3 is 15.7 Å². The van der Waals surface area contributed by atoms with E-state index in [1.165, 1.54) is 0 Å². The van der Waals surface area contributed by atoms with Crippen molar-refractivity contribution in [3.63, 3.8) is 0 Å². The van der Waals surface area contributed by atoms with E-state index in [-0.39, 0.29) is 35.0 Å². The number of carboxylic acid groups (broad SMARTS) is 2.